The lowest BCUT2D eigenvalue weighted by Gasteiger charge is -2.42. The second-order valence-corrected chi connectivity index (χ2v) is 8.12. The highest BCUT2D eigenvalue weighted by Crippen LogP contribution is 2.45. The van der Waals surface area contributed by atoms with Gasteiger partial charge in [0.2, 0.25) is 5.91 Å². The normalized spacial score (nSPS) is 18.2. The molecule has 2 amide bonds. The van der Waals surface area contributed by atoms with E-state index in [1.165, 1.54) is 32.4 Å². The van der Waals surface area contributed by atoms with Gasteiger partial charge in [-0.25, -0.2) is 0 Å². The highest BCUT2D eigenvalue weighted by Gasteiger charge is 2.46. The van der Waals surface area contributed by atoms with E-state index >= 15 is 0 Å². The molecule has 12 heteroatoms. The summed E-state index contributed by atoms with van der Waals surface area (Å²) < 4.78 is 91.7. The fourth-order valence-corrected chi connectivity index (χ4v) is 4.22. The van der Waals surface area contributed by atoms with Crippen molar-refractivity contribution in [2.45, 2.75) is 24.3 Å². The van der Waals surface area contributed by atoms with Gasteiger partial charge in [-0.1, -0.05) is 18.2 Å². The number of carbonyl (C=O) groups is 2. The Bertz CT molecular complexity index is 1070. The van der Waals surface area contributed by atoms with Gasteiger partial charge in [0.15, 0.2) is 0 Å². The van der Waals surface area contributed by atoms with Crippen molar-refractivity contribution in [3.8, 4) is 0 Å². The Morgan fingerprint density at radius 3 is 2.08 bits per heavy atom. The van der Waals surface area contributed by atoms with Gasteiger partial charge in [-0.15, -0.1) is 0 Å². The molecule has 6 nitrogen and oxygen atoms in total. The molecule has 36 heavy (non-hydrogen) atoms. The third-order valence-corrected chi connectivity index (χ3v) is 5.81. The Morgan fingerprint density at radius 2 is 1.53 bits per heavy atom. The molecule has 0 bridgehead atoms. The summed E-state index contributed by atoms with van der Waals surface area (Å²) in [5, 5.41) is 2.60. The molecule has 0 aromatic heterocycles. The lowest BCUT2D eigenvalue weighted by atomic mass is 9.78. The minimum absolute atomic E-state index is 0.00918. The number of hydrogen-bond acceptors (Lipinski definition) is 4. The molecule has 2 unspecified atom stereocenters. The largest absolute Gasteiger partial charge is 0.416 e. The smallest absolute Gasteiger partial charge is 0.383 e. The number of alkyl halides is 6. The van der Waals surface area contributed by atoms with E-state index < -0.39 is 52.8 Å². The van der Waals surface area contributed by atoms with Crippen molar-refractivity contribution in [1.29, 1.82) is 0 Å². The molecular formula is C24H24F6N2O4. The molecule has 1 heterocycles. The van der Waals surface area contributed by atoms with Crippen LogP contribution in [0, 0.1) is 0 Å². The Labute approximate surface area is 203 Å². The molecule has 2 aromatic carbocycles. The maximum atomic E-state index is 13.6. The minimum Gasteiger partial charge on any atom is -0.383 e. The zero-order chi connectivity index (χ0) is 26.7. The van der Waals surface area contributed by atoms with Gasteiger partial charge < -0.3 is 19.7 Å². The van der Waals surface area contributed by atoms with Crippen LogP contribution in [0.3, 0.4) is 0 Å². The second-order valence-electron chi connectivity index (χ2n) is 8.12. The molecule has 0 saturated carbocycles. The Balaban J connectivity index is 2.27. The molecule has 0 spiro atoms. The second kappa shape index (κ2) is 10.9. The molecule has 0 saturated heterocycles. The molecule has 3 rings (SSSR count). The van der Waals surface area contributed by atoms with Crippen LogP contribution in [-0.2, 0) is 26.6 Å². The SMILES string of the molecule is COCCNC(=O)C1c2ccccc2C(=O)N(CCOC)C1c1cc(C(F)(F)F)cc(C(F)(F)F)c1. The number of rotatable bonds is 8. The number of carbonyl (C=O) groups excluding carboxylic acids is 2. The van der Waals surface area contributed by atoms with Crippen LogP contribution < -0.4 is 5.32 Å². The molecule has 196 valence electrons. The molecule has 1 aliphatic rings. The number of nitrogens with one attached hydrogen (secondary N) is 1. The average Bonchev–Trinajstić information content (AvgIpc) is 2.82. The van der Waals surface area contributed by atoms with E-state index in [-0.39, 0.29) is 43.5 Å². The van der Waals surface area contributed by atoms with Gasteiger partial charge in [0.05, 0.1) is 36.3 Å². The van der Waals surface area contributed by atoms with Gasteiger partial charge in [-0.2, -0.15) is 26.3 Å². The summed E-state index contributed by atoms with van der Waals surface area (Å²) >= 11 is 0. The summed E-state index contributed by atoms with van der Waals surface area (Å²) in [6.07, 6.45) is -10.2. The third kappa shape index (κ3) is 5.81. The first-order chi connectivity index (χ1) is 16.9. The van der Waals surface area contributed by atoms with Crippen molar-refractivity contribution < 1.29 is 45.4 Å². The Kier molecular flexibility index (Phi) is 8.29. The van der Waals surface area contributed by atoms with Gasteiger partial charge in [-0.05, 0) is 35.4 Å². The van der Waals surface area contributed by atoms with Gasteiger partial charge in [0.1, 0.15) is 0 Å². The number of nitrogens with zero attached hydrogens (tertiary/aromatic N) is 1. The Morgan fingerprint density at radius 1 is 0.944 bits per heavy atom. The van der Waals surface area contributed by atoms with Crippen LogP contribution in [0.5, 0.6) is 0 Å². The van der Waals surface area contributed by atoms with Crippen LogP contribution in [0.1, 0.15) is 44.6 Å². The quantitative estimate of drug-likeness (QED) is 0.415. The fourth-order valence-electron chi connectivity index (χ4n) is 4.22. The van der Waals surface area contributed by atoms with Gasteiger partial charge in [0.25, 0.3) is 5.91 Å². The summed E-state index contributed by atoms with van der Waals surface area (Å²) in [5.41, 5.74) is -3.22. The maximum absolute atomic E-state index is 13.6. The van der Waals surface area contributed by atoms with Crippen LogP contribution in [0.15, 0.2) is 42.5 Å². The summed E-state index contributed by atoms with van der Waals surface area (Å²) in [4.78, 5) is 27.8. The zero-order valence-electron chi connectivity index (χ0n) is 19.4. The number of amides is 2. The van der Waals surface area contributed by atoms with Crippen molar-refractivity contribution in [2.24, 2.45) is 0 Å². The number of methoxy groups -OCH3 is 2. The maximum Gasteiger partial charge on any atom is 0.416 e. The highest BCUT2D eigenvalue weighted by molar-refractivity contribution is 6.01. The number of halogens is 6. The van der Waals surface area contributed by atoms with Crippen molar-refractivity contribution >= 4 is 11.8 Å². The fraction of sp³-hybridized carbons (Fsp3) is 0.417. The summed E-state index contributed by atoms with van der Waals surface area (Å²) in [6, 6.07) is 5.66. The van der Waals surface area contributed by atoms with Gasteiger partial charge in [0, 0.05) is 32.9 Å². The van der Waals surface area contributed by atoms with Crippen LogP contribution in [0.2, 0.25) is 0 Å². The van der Waals surface area contributed by atoms with Crippen LogP contribution in [0.4, 0.5) is 26.3 Å². The van der Waals surface area contributed by atoms with E-state index in [4.69, 9.17) is 9.47 Å². The lowest BCUT2D eigenvalue weighted by Crippen LogP contribution is -2.48. The van der Waals surface area contributed by atoms with Crippen molar-refractivity contribution in [1.82, 2.24) is 10.2 Å². The molecule has 2 atom stereocenters. The van der Waals surface area contributed by atoms with E-state index in [9.17, 15) is 35.9 Å². The first-order valence-corrected chi connectivity index (χ1v) is 10.8. The number of benzene rings is 2. The minimum atomic E-state index is -5.10. The standard InChI is InChI=1S/C24H24F6N2O4/c1-35-9-7-31-21(33)19-17-5-3-4-6-18(17)22(34)32(8-10-36-2)20(19)14-11-15(23(25,26)27)13-16(12-14)24(28,29)30/h3-6,11-13,19-20H,7-10H2,1-2H3,(H,31,33). The number of hydrogen-bond donors (Lipinski definition) is 1. The van der Waals surface area contributed by atoms with Crippen molar-refractivity contribution in [2.75, 3.05) is 40.5 Å². The number of ether oxygens (including phenoxy) is 2. The first-order valence-electron chi connectivity index (χ1n) is 10.8. The van der Waals surface area contributed by atoms with Gasteiger partial charge in [-0.3, -0.25) is 9.59 Å². The Hall–Kier alpha value is -3.12. The molecule has 0 fully saturated rings. The lowest BCUT2D eigenvalue weighted by molar-refractivity contribution is -0.143. The molecular weight excluding hydrogens is 494 g/mol. The van der Waals surface area contributed by atoms with E-state index in [0.717, 1.165) is 4.90 Å². The summed E-state index contributed by atoms with van der Waals surface area (Å²) in [7, 11) is 2.73. The third-order valence-electron chi connectivity index (χ3n) is 5.81. The van der Waals surface area contributed by atoms with Crippen molar-refractivity contribution in [3.63, 3.8) is 0 Å². The van der Waals surface area contributed by atoms with Crippen LogP contribution in [0.25, 0.3) is 0 Å². The van der Waals surface area contributed by atoms with Crippen LogP contribution in [-0.4, -0.2) is 57.2 Å². The monoisotopic (exact) mass is 518 g/mol. The molecule has 0 aliphatic carbocycles. The predicted molar refractivity (Wildman–Crippen MR) is 116 cm³/mol. The van der Waals surface area contributed by atoms with Crippen molar-refractivity contribution in [3.05, 3.63) is 70.3 Å². The molecule has 1 N–H and O–H groups in total. The van der Waals surface area contributed by atoms with Gasteiger partial charge >= 0.3 is 12.4 Å². The summed E-state index contributed by atoms with van der Waals surface area (Å²) in [6.45, 7) is -0.0662. The number of fused-ring (bicyclic) bond motifs is 1. The average molecular weight is 518 g/mol. The summed E-state index contributed by atoms with van der Waals surface area (Å²) in [5.74, 6) is -2.61. The topological polar surface area (TPSA) is 67.9 Å². The van der Waals surface area contributed by atoms with Crippen LogP contribution >= 0.6 is 0 Å². The van der Waals surface area contributed by atoms with E-state index in [1.54, 1.807) is 6.07 Å². The predicted octanol–water partition coefficient (Wildman–Crippen LogP) is 4.41. The molecule has 2 aromatic rings. The first kappa shape index (κ1) is 27.5. The zero-order valence-corrected chi connectivity index (χ0v) is 19.4. The molecule has 0 radical (unpaired) electrons. The highest BCUT2D eigenvalue weighted by atomic mass is 19.4. The van der Waals surface area contributed by atoms with E-state index in [1.807, 2.05) is 0 Å². The van der Waals surface area contributed by atoms with E-state index in [0.29, 0.717) is 12.1 Å². The molecule has 1 aliphatic heterocycles. The van der Waals surface area contributed by atoms with E-state index in [2.05, 4.69) is 5.32 Å².